The minimum Gasteiger partial charge on any atom is -0.370 e. The predicted molar refractivity (Wildman–Crippen MR) is 90.1 cm³/mol. The van der Waals surface area contributed by atoms with Crippen LogP contribution in [-0.2, 0) is 13.1 Å². The van der Waals surface area contributed by atoms with Gasteiger partial charge in [0.05, 0.1) is 0 Å². The number of hydrogen-bond acceptors (Lipinski definition) is 2. The first kappa shape index (κ1) is 15.1. The molecule has 0 spiro atoms. The smallest absolute Gasteiger partial charge is 0.0426 e. The lowest BCUT2D eigenvalue weighted by molar-refractivity contribution is 0.723. The van der Waals surface area contributed by atoms with Gasteiger partial charge in [0, 0.05) is 30.3 Å². The topological polar surface area (TPSA) is 15.3 Å². The molecule has 1 N–H and O–H groups in total. The van der Waals surface area contributed by atoms with E-state index in [1.54, 1.807) is 0 Å². The summed E-state index contributed by atoms with van der Waals surface area (Å²) in [4.78, 5) is 2.30. The lowest BCUT2D eigenvalue weighted by Crippen LogP contribution is -2.20. The molecule has 0 aliphatic carbocycles. The van der Waals surface area contributed by atoms with Gasteiger partial charge in [0.2, 0.25) is 0 Å². The Balaban J connectivity index is 2.18. The second-order valence-electron chi connectivity index (χ2n) is 4.90. The first-order valence-electron chi connectivity index (χ1n) is 6.95. The highest BCUT2D eigenvalue weighted by atomic mass is 79.9. The zero-order valence-corrected chi connectivity index (χ0v) is 13.7. The summed E-state index contributed by atoms with van der Waals surface area (Å²) >= 11 is 3.56. The van der Waals surface area contributed by atoms with Gasteiger partial charge in [-0.2, -0.15) is 0 Å². The Morgan fingerprint density at radius 1 is 1.10 bits per heavy atom. The van der Waals surface area contributed by atoms with E-state index in [0.29, 0.717) is 0 Å². The van der Waals surface area contributed by atoms with Crippen molar-refractivity contribution < 1.29 is 0 Å². The van der Waals surface area contributed by atoms with Gasteiger partial charge in [-0.3, -0.25) is 0 Å². The minimum absolute atomic E-state index is 0.893. The van der Waals surface area contributed by atoms with Gasteiger partial charge in [0.1, 0.15) is 0 Å². The molecule has 0 aromatic heterocycles. The molecule has 2 rings (SSSR count). The highest BCUT2D eigenvalue weighted by Crippen LogP contribution is 2.25. The Morgan fingerprint density at radius 3 is 2.55 bits per heavy atom. The maximum absolute atomic E-state index is 3.56. The van der Waals surface area contributed by atoms with E-state index in [0.717, 1.165) is 24.1 Å². The zero-order valence-electron chi connectivity index (χ0n) is 12.1. The lowest BCUT2D eigenvalue weighted by atomic mass is 10.1. The third kappa shape index (κ3) is 4.09. The molecule has 3 heteroatoms. The maximum atomic E-state index is 3.56. The second kappa shape index (κ2) is 7.46. The molecule has 0 radical (unpaired) electrons. The van der Waals surface area contributed by atoms with Gasteiger partial charge >= 0.3 is 0 Å². The summed E-state index contributed by atoms with van der Waals surface area (Å²) in [5.74, 6) is 0. The van der Waals surface area contributed by atoms with Gasteiger partial charge in [-0.15, -0.1) is 0 Å². The quantitative estimate of drug-likeness (QED) is 0.852. The molecule has 20 heavy (non-hydrogen) atoms. The van der Waals surface area contributed by atoms with Crippen molar-refractivity contribution in [3.05, 3.63) is 64.1 Å². The first-order valence-corrected chi connectivity index (χ1v) is 7.74. The Labute approximate surface area is 129 Å². The summed E-state index contributed by atoms with van der Waals surface area (Å²) < 4.78 is 1.13. The molecule has 0 saturated heterocycles. The Morgan fingerprint density at radius 2 is 1.85 bits per heavy atom. The Bertz CT molecular complexity index is 540. The second-order valence-corrected chi connectivity index (χ2v) is 5.81. The van der Waals surface area contributed by atoms with E-state index in [-0.39, 0.29) is 0 Å². The molecular formula is C17H21BrN2. The number of rotatable bonds is 6. The van der Waals surface area contributed by atoms with Crippen molar-refractivity contribution in [2.45, 2.75) is 20.0 Å². The highest BCUT2D eigenvalue weighted by Gasteiger charge is 2.08. The van der Waals surface area contributed by atoms with Crippen LogP contribution in [0.4, 0.5) is 5.69 Å². The van der Waals surface area contributed by atoms with Crippen molar-refractivity contribution in [1.82, 2.24) is 5.32 Å². The van der Waals surface area contributed by atoms with Crippen LogP contribution < -0.4 is 10.2 Å². The molecule has 0 saturated carbocycles. The molecule has 0 aliphatic rings. The van der Waals surface area contributed by atoms with Crippen LogP contribution in [0.5, 0.6) is 0 Å². The van der Waals surface area contributed by atoms with Crippen molar-refractivity contribution in [1.29, 1.82) is 0 Å². The normalized spacial score (nSPS) is 10.6. The van der Waals surface area contributed by atoms with Gasteiger partial charge in [-0.25, -0.2) is 0 Å². The Hall–Kier alpha value is -1.32. The van der Waals surface area contributed by atoms with Crippen LogP contribution in [0, 0.1) is 0 Å². The molecule has 0 atom stereocenters. The molecule has 106 valence electrons. The van der Waals surface area contributed by atoms with Gasteiger partial charge in [-0.1, -0.05) is 53.2 Å². The van der Waals surface area contributed by atoms with E-state index in [9.17, 15) is 0 Å². The van der Waals surface area contributed by atoms with E-state index < -0.39 is 0 Å². The summed E-state index contributed by atoms with van der Waals surface area (Å²) in [6.45, 7) is 4.92. The van der Waals surface area contributed by atoms with E-state index in [4.69, 9.17) is 0 Å². The van der Waals surface area contributed by atoms with E-state index in [2.05, 4.69) is 88.6 Å². The van der Waals surface area contributed by atoms with Crippen LogP contribution in [0.25, 0.3) is 0 Å². The number of halogens is 1. The van der Waals surface area contributed by atoms with Gasteiger partial charge < -0.3 is 10.2 Å². The SMILES string of the molecule is CCNCc1cc(Br)ccc1N(C)Cc1ccccc1. The Kier molecular flexibility index (Phi) is 5.62. The van der Waals surface area contributed by atoms with Crippen molar-refractivity contribution in [3.63, 3.8) is 0 Å². The third-order valence-corrected chi connectivity index (χ3v) is 3.77. The predicted octanol–water partition coefficient (Wildman–Crippen LogP) is 4.20. The zero-order chi connectivity index (χ0) is 14.4. The molecular weight excluding hydrogens is 312 g/mol. The molecule has 0 amide bonds. The number of nitrogens with one attached hydrogen (secondary N) is 1. The number of benzene rings is 2. The molecule has 0 heterocycles. The standard InChI is InChI=1S/C17H21BrN2/c1-3-19-12-15-11-16(18)9-10-17(15)20(2)13-14-7-5-4-6-8-14/h4-11,19H,3,12-13H2,1-2H3. The van der Waals surface area contributed by atoms with Crippen molar-refractivity contribution in [3.8, 4) is 0 Å². The fraction of sp³-hybridized carbons (Fsp3) is 0.294. The van der Waals surface area contributed by atoms with Crippen LogP contribution in [0.3, 0.4) is 0 Å². The molecule has 2 aromatic rings. The van der Waals surface area contributed by atoms with Crippen LogP contribution >= 0.6 is 15.9 Å². The molecule has 2 aromatic carbocycles. The van der Waals surface area contributed by atoms with Crippen LogP contribution in [0.1, 0.15) is 18.1 Å². The fourth-order valence-corrected chi connectivity index (χ4v) is 2.68. The summed E-state index contributed by atoms with van der Waals surface area (Å²) in [5, 5.41) is 3.40. The van der Waals surface area contributed by atoms with E-state index in [1.165, 1.54) is 16.8 Å². The summed E-state index contributed by atoms with van der Waals surface area (Å²) in [6.07, 6.45) is 0. The first-order chi connectivity index (χ1) is 9.70. The van der Waals surface area contributed by atoms with Crippen molar-refractivity contribution in [2.24, 2.45) is 0 Å². The molecule has 0 unspecified atom stereocenters. The number of nitrogens with zero attached hydrogens (tertiary/aromatic N) is 1. The highest BCUT2D eigenvalue weighted by molar-refractivity contribution is 9.10. The van der Waals surface area contributed by atoms with Crippen molar-refractivity contribution in [2.75, 3.05) is 18.5 Å². The molecule has 0 fully saturated rings. The van der Waals surface area contributed by atoms with Crippen molar-refractivity contribution >= 4 is 21.6 Å². The van der Waals surface area contributed by atoms with Crippen LogP contribution in [0.2, 0.25) is 0 Å². The van der Waals surface area contributed by atoms with Gasteiger partial charge in [0.15, 0.2) is 0 Å². The van der Waals surface area contributed by atoms with E-state index >= 15 is 0 Å². The minimum atomic E-state index is 0.893. The van der Waals surface area contributed by atoms with E-state index in [1.807, 2.05) is 0 Å². The molecule has 0 aliphatic heterocycles. The number of anilines is 1. The van der Waals surface area contributed by atoms with Crippen LogP contribution in [-0.4, -0.2) is 13.6 Å². The average Bonchev–Trinajstić information content (AvgIpc) is 2.46. The third-order valence-electron chi connectivity index (χ3n) is 3.28. The van der Waals surface area contributed by atoms with Gasteiger partial charge in [0.25, 0.3) is 0 Å². The molecule has 2 nitrogen and oxygen atoms in total. The summed E-state index contributed by atoms with van der Waals surface area (Å²) in [6, 6.07) is 17.0. The lowest BCUT2D eigenvalue weighted by Gasteiger charge is -2.23. The number of hydrogen-bond donors (Lipinski definition) is 1. The molecule has 0 bridgehead atoms. The van der Waals surface area contributed by atoms with Gasteiger partial charge in [-0.05, 0) is 35.9 Å². The maximum Gasteiger partial charge on any atom is 0.0426 e. The average molecular weight is 333 g/mol. The van der Waals surface area contributed by atoms with Crippen LogP contribution in [0.15, 0.2) is 53.0 Å². The fourth-order valence-electron chi connectivity index (χ4n) is 2.27. The summed E-state index contributed by atoms with van der Waals surface area (Å²) in [5.41, 5.74) is 3.92. The monoisotopic (exact) mass is 332 g/mol. The largest absolute Gasteiger partial charge is 0.370 e. The summed E-state index contributed by atoms with van der Waals surface area (Å²) in [7, 11) is 2.14.